The number of para-hydroxylation sites is 1. The minimum absolute atomic E-state index is 0.114. The summed E-state index contributed by atoms with van der Waals surface area (Å²) in [5.41, 5.74) is 2.45. The fraction of sp³-hybridized carbons (Fsp3) is 0.391. The summed E-state index contributed by atoms with van der Waals surface area (Å²) in [5.74, 6) is -0.526. The topological polar surface area (TPSA) is 95.6 Å². The van der Waals surface area contributed by atoms with Gasteiger partial charge in [0.2, 0.25) is 10.0 Å². The van der Waals surface area contributed by atoms with E-state index in [0.717, 1.165) is 24.8 Å². The van der Waals surface area contributed by atoms with Crippen molar-refractivity contribution in [2.45, 2.75) is 39.5 Å². The van der Waals surface area contributed by atoms with Crippen molar-refractivity contribution in [3.8, 4) is 0 Å². The van der Waals surface area contributed by atoms with Crippen LogP contribution in [-0.2, 0) is 10.0 Å². The quantitative estimate of drug-likeness (QED) is 0.638. The van der Waals surface area contributed by atoms with E-state index in [0.29, 0.717) is 42.0 Å². The first-order valence-electron chi connectivity index (χ1n) is 10.6. The Morgan fingerprint density at radius 1 is 1.06 bits per heavy atom. The Morgan fingerprint density at radius 2 is 1.84 bits per heavy atom. The third-order valence-electron chi connectivity index (χ3n) is 5.33. The Hall–Kier alpha value is -2.87. The number of hydrogen-bond acceptors (Lipinski definition) is 4. The van der Waals surface area contributed by atoms with E-state index in [9.17, 15) is 18.0 Å². The number of anilines is 2. The van der Waals surface area contributed by atoms with E-state index in [-0.39, 0.29) is 11.7 Å². The zero-order valence-corrected chi connectivity index (χ0v) is 18.8. The predicted molar refractivity (Wildman–Crippen MR) is 123 cm³/mol. The summed E-state index contributed by atoms with van der Waals surface area (Å²) in [7, 11) is -3.38. The molecule has 0 atom stereocenters. The number of rotatable bonds is 7. The molecule has 166 valence electrons. The molecule has 1 aliphatic heterocycles. The molecule has 0 aliphatic carbocycles. The lowest BCUT2D eigenvalue weighted by atomic mass is 10.1. The van der Waals surface area contributed by atoms with Crippen LogP contribution in [0.4, 0.5) is 11.4 Å². The predicted octanol–water partition coefficient (Wildman–Crippen LogP) is 3.71. The Kier molecular flexibility index (Phi) is 7.33. The van der Waals surface area contributed by atoms with E-state index in [1.165, 1.54) is 4.31 Å². The van der Waals surface area contributed by atoms with E-state index in [2.05, 4.69) is 10.6 Å². The molecule has 0 radical (unpaired) electrons. The van der Waals surface area contributed by atoms with E-state index >= 15 is 0 Å². The van der Waals surface area contributed by atoms with Crippen molar-refractivity contribution in [1.82, 2.24) is 5.32 Å². The Morgan fingerprint density at radius 3 is 2.58 bits per heavy atom. The van der Waals surface area contributed by atoms with Crippen molar-refractivity contribution in [1.29, 1.82) is 0 Å². The third-order valence-corrected chi connectivity index (χ3v) is 7.18. The van der Waals surface area contributed by atoms with Gasteiger partial charge in [-0.2, -0.15) is 0 Å². The molecule has 2 amide bonds. The highest BCUT2D eigenvalue weighted by atomic mass is 32.2. The van der Waals surface area contributed by atoms with Gasteiger partial charge in [-0.1, -0.05) is 31.5 Å². The molecule has 31 heavy (non-hydrogen) atoms. The monoisotopic (exact) mass is 443 g/mol. The van der Waals surface area contributed by atoms with Crippen molar-refractivity contribution in [3.63, 3.8) is 0 Å². The summed E-state index contributed by atoms with van der Waals surface area (Å²) in [6.45, 7) is 4.86. The molecule has 1 heterocycles. The molecule has 3 rings (SSSR count). The Balaban J connectivity index is 1.83. The smallest absolute Gasteiger partial charge is 0.255 e. The zero-order chi connectivity index (χ0) is 22.4. The van der Waals surface area contributed by atoms with Crippen LogP contribution in [0.5, 0.6) is 0 Å². The van der Waals surface area contributed by atoms with Gasteiger partial charge in [0.15, 0.2) is 0 Å². The molecule has 1 aliphatic rings. The molecule has 0 spiro atoms. The van der Waals surface area contributed by atoms with Gasteiger partial charge in [0, 0.05) is 18.7 Å². The van der Waals surface area contributed by atoms with Crippen LogP contribution >= 0.6 is 0 Å². The van der Waals surface area contributed by atoms with Crippen LogP contribution in [0.3, 0.4) is 0 Å². The molecular weight excluding hydrogens is 414 g/mol. The second kappa shape index (κ2) is 9.96. The maximum absolute atomic E-state index is 12.9. The number of aryl methyl sites for hydroxylation is 1. The van der Waals surface area contributed by atoms with E-state index < -0.39 is 15.9 Å². The molecule has 2 N–H and O–H groups in total. The van der Waals surface area contributed by atoms with Gasteiger partial charge in [-0.15, -0.1) is 0 Å². The Labute approximate surface area is 183 Å². The van der Waals surface area contributed by atoms with Crippen molar-refractivity contribution in [3.05, 3.63) is 59.2 Å². The number of amides is 2. The molecule has 7 nitrogen and oxygen atoms in total. The lowest BCUT2D eigenvalue weighted by molar-refractivity contribution is 0.0954. The highest BCUT2D eigenvalue weighted by molar-refractivity contribution is 7.92. The first-order valence-corrected chi connectivity index (χ1v) is 12.2. The molecule has 0 unspecified atom stereocenters. The molecule has 1 saturated heterocycles. The molecular formula is C23H29N3O4S. The lowest BCUT2D eigenvalue weighted by Crippen LogP contribution is -2.38. The second-order valence-electron chi connectivity index (χ2n) is 7.71. The maximum Gasteiger partial charge on any atom is 0.255 e. The summed E-state index contributed by atoms with van der Waals surface area (Å²) in [6.07, 6.45) is 3.29. The highest BCUT2D eigenvalue weighted by Crippen LogP contribution is 2.28. The van der Waals surface area contributed by atoms with Gasteiger partial charge in [-0.25, -0.2) is 8.42 Å². The van der Waals surface area contributed by atoms with Crippen LogP contribution in [0.1, 0.15) is 58.9 Å². The maximum atomic E-state index is 12.9. The van der Waals surface area contributed by atoms with Crippen molar-refractivity contribution < 1.29 is 18.0 Å². The molecule has 1 fully saturated rings. The summed E-state index contributed by atoms with van der Waals surface area (Å²) < 4.78 is 26.4. The number of nitrogens with zero attached hydrogens (tertiary/aromatic N) is 1. The van der Waals surface area contributed by atoms with Crippen molar-refractivity contribution in [2.24, 2.45) is 0 Å². The van der Waals surface area contributed by atoms with Crippen LogP contribution in [0.25, 0.3) is 0 Å². The van der Waals surface area contributed by atoms with Gasteiger partial charge in [0.05, 0.1) is 22.7 Å². The molecule has 0 saturated carbocycles. The van der Waals surface area contributed by atoms with Crippen LogP contribution in [0.2, 0.25) is 0 Å². The molecule has 0 bridgehead atoms. The lowest BCUT2D eigenvalue weighted by Gasteiger charge is -2.29. The largest absolute Gasteiger partial charge is 0.352 e. The van der Waals surface area contributed by atoms with Gasteiger partial charge >= 0.3 is 0 Å². The normalized spacial score (nSPS) is 15.4. The van der Waals surface area contributed by atoms with Crippen molar-refractivity contribution >= 4 is 33.2 Å². The summed E-state index contributed by atoms with van der Waals surface area (Å²) >= 11 is 0. The van der Waals surface area contributed by atoms with Crippen molar-refractivity contribution in [2.75, 3.05) is 28.5 Å². The van der Waals surface area contributed by atoms with Gasteiger partial charge in [-0.3, -0.25) is 13.9 Å². The zero-order valence-electron chi connectivity index (χ0n) is 18.0. The van der Waals surface area contributed by atoms with E-state index in [1.807, 2.05) is 13.8 Å². The molecule has 2 aromatic rings. The Bertz CT molecular complexity index is 1070. The number of sulfonamides is 1. The average molecular weight is 444 g/mol. The summed E-state index contributed by atoms with van der Waals surface area (Å²) in [5, 5.41) is 5.66. The van der Waals surface area contributed by atoms with Crippen LogP contribution in [-0.4, -0.2) is 39.1 Å². The van der Waals surface area contributed by atoms with E-state index in [4.69, 9.17) is 0 Å². The second-order valence-corrected chi connectivity index (χ2v) is 9.72. The standard InChI is InChI=1S/C23H29N3O4S/c1-3-4-13-24-23(28)19-9-5-6-10-20(19)25-22(27)18-12-11-17(2)21(16-18)26-14-7-8-15-31(26,29)30/h5-6,9-12,16H,3-4,7-8,13-15H2,1-2H3,(H,24,28)(H,25,27). The summed E-state index contributed by atoms with van der Waals surface area (Å²) in [6, 6.07) is 11.9. The number of benzene rings is 2. The summed E-state index contributed by atoms with van der Waals surface area (Å²) in [4.78, 5) is 25.4. The van der Waals surface area contributed by atoms with Crippen LogP contribution in [0, 0.1) is 6.92 Å². The number of hydrogen-bond donors (Lipinski definition) is 2. The third kappa shape index (κ3) is 5.44. The minimum Gasteiger partial charge on any atom is -0.352 e. The number of carbonyl (C=O) groups is 2. The molecule has 2 aromatic carbocycles. The number of unbranched alkanes of at least 4 members (excludes halogenated alkanes) is 1. The van der Waals surface area contributed by atoms with E-state index in [1.54, 1.807) is 42.5 Å². The van der Waals surface area contributed by atoms with Crippen LogP contribution in [0.15, 0.2) is 42.5 Å². The fourth-order valence-electron chi connectivity index (χ4n) is 3.54. The van der Waals surface area contributed by atoms with Gasteiger partial charge in [0.1, 0.15) is 0 Å². The fourth-order valence-corrected chi connectivity index (χ4v) is 5.23. The first-order chi connectivity index (χ1) is 14.8. The average Bonchev–Trinajstić information content (AvgIpc) is 2.74. The van der Waals surface area contributed by atoms with Gasteiger partial charge < -0.3 is 10.6 Å². The van der Waals surface area contributed by atoms with Gasteiger partial charge in [-0.05, 0) is 56.0 Å². The molecule has 0 aromatic heterocycles. The van der Waals surface area contributed by atoms with Gasteiger partial charge in [0.25, 0.3) is 11.8 Å². The number of carbonyl (C=O) groups excluding carboxylic acids is 2. The van der Waals surface area contributed by atoms with Crippen LogP contribution < -0.4 is 14.9 Å². The first kappa shape index (κ1) is 22.8. The number of nitrogens with one attached hydrogen (secondary N) is 2. The minimum atomic E-state index is -3.38. The highest BCUT2D eigenvalue weighted by Gasteiger charge is 2.27. The SMILES string of the molecule is CCCCNC(=O)c1ccccc1NC(=O)c1ccc(C)c(N2CCCCS2(=O)=O)c1. The molecule has 8 heteroatoms.